The second kappa shape index (κ2) is 9.58. The quantitative estimate of drug-likeness (QED) is 0.417. The summed E-state index contributed by atoms with van der Waals surface area (Å²) in [5, 5.41) is 22.7. The van der Waals surface area contributed by atoms with E-state index < -0.39 is 29.4 Å². The minimum Gasteiger partial charge on any atom is -0.389 e. The summed E-state index contributed by atoms with van der Waals surface area (Å²) < 4.78 is 40.7. The van der Waals surface area contributed by atoms with Crippen LogP contribution in [0.5, 0.6) is 0 Å². The molecule has 1 saturated heterocycles. The van der Waals surface area contributed by atoms with Crippen LogP contribution >= 0.6 is 0 Å². The highest BCUT2D eigenvalue weighted by Gasteiger charge is 2.41. The molecule has 2 fully saturated rings. The lowest BCUT2D eigenvalue weighted by Crippen LogP contribution is -2.58. The van der Waals surface area contributed by atoms with E-state index in [0.717, 1.165) is 35.9 Å². The van der Waals surface area contributed by atoms with Gasteiger partial charge in [-0.2, -0.15) is 13.2 Å². The van der Waals surface area contributed by atoms with Gasteiger partial charge >= 0.3 is 6.18 Å². The summed E-state index contributed by atoms with van der Waals surface area (Å²) in [6.07, 6.45) is -0.0739. The zero-order chi connectivity index (χ0) is 26.4. The third-order valence-electron chi connectivity index (χ3n) is 7.16. The fourth-order valence-corrected chi connectivity index (χ4v) is 4.97. The molecule has 5 rings (SSSR count). The number of halogens is 3. The Bertz CT molecular complexity index is 1280. The highest BCUT2D eigenvalue weighted by molar-refractivity contribution is 5.88. The Morgan fingerprint density at radius 2 is 1.92 bits per heavy atom. The summed E-state index contributed by atoms with van der Waals surface area (Å²) in [6, 6.07) is 7.24. The largest absolute Gasteiger partial charge is 0.416 e. The second-order valence-electron chi connectivity index (χ2n) is 10.0. The van der Waals surface area contributed by atoms with Crippen LogP contribution in [0.25, 0.3) is 11.0 Å². The number of fused-ring (bicyclic) bond motifs is 1. The normalized spacial score (nSPS) is 22.9. The van der Waals surface area contributed by atoms with E-state index in [1.165, 1.54) is 18.5 Å². The van der Waals surface area contributed by atoms with Crippen LogP contribution in [0.4, 0.5) is 19.0 Å². The Kier molecular flexibility index (Phi) is 6.59. The standard InChI is InChI=1S/C25H29F3N6O3/c26-25(27,28)17-3-1-16(2-4-17)11-34(18-5-6-18)23-19-7-9-33(22(19)30-15-31-23)14-24(37)8-10-32(12-20(24)35)13-21(29)36/h1-4,7,9,15,18,20,35,37H,5-6,8,10-14H2,(H2,29,36)/t20-,24-/m1/s1. The number of β-amino-alcohol motifs (C(OH)–C–C–N with tert-alkyl or cyclic N) is 1. The number of alkyl halides is 3. The average Bonchev–Trinajstić information content (AvgIpc) is 3.60. The minimum absolute atomic E-state index is 0.0199. The summed E-state index contributed by atoms with van der Waals surface area (Å²) in [6.45, 7) is 1.06. The Labute approximate surface area is 211 Å². The van der Waals surface area contributed by atoms with Crippen molar-refractivity contribution < 1.29 is 28.2 Å². The van der Waals surface area contributed by atoms with Crippen molar-refractivity contribution in [2.75, 3.05) is 24.5 Å². The van der Waals surface area contributed by atoms with Gasteiger partial charge in [0, 0.05) is 31.9 Å². The molecule has 37 heavy (non-hydrogen) atoms. The molecule has 3 aromatic rings. The summed E-state index contributed by atoms with van der Waals surface area (Å²) in [5.41, 5.74) is 4.48. The lowest BCUT2D eigenvalue weighted by atomic mass is 9.88. The van der Waals surface area contributed by atoms with Gasteiger partial charge in [-0.25, -0.2) is 9.97 Å². The number of hydrogen-bond donors (Lipinski definition) is 3. The SMILES string of the molecule is NC(=O)CN1CC[C@@](O)(Cn2ccc3c(N(Cc4ccc(C(F)(F)F)cc4)C4CC4)ncnc32)[C@H](O)C1. The number of likely N-dealkylation sites (tertiary alicyclic amines) is 1. The van der Waals surface area contributed by atoms with Gasteiger partial charge < -0.3 is 25.4 Å². The van der Waals surface area contributed by atoms with Gasteiger partial charge in [0.1, 0.15) is 23.4 Å². The monoisotopic (exact) mass is 518 g/mol. The van der Waals surface area contributed by atoms with Crippen LogP contribution in [0.15, 0.2) is 42.9 Å². The summed E-state index contributed by atoms with van der Waals surface area (Å²) in [4.78, 5) is 23.9. The maximum absolute atomic E-state index is 13.0. The van der Waals surface area contributed by atoms with Crippen LogP contribution in [0, 0.1) is 0 Å². The molecule has 0 unspecified atom stereocenters. The molecule has 2 atom stereocenters. The van der Waals surface area contributed by atoms with Gasteiger partial charge in [-0.15, -0.1) is 0 Å². The van der Waals surface area contributed by atoms with Crippen LogP contribution < -0.4 is 10.6 Å². The zero-order valence-electron chi connectivity index (χ0n) is 20.1. The number of carbonyl (C=O) groups is 1. The number of aliphatic hydroxyl groups excluding tert-OH is 1. The number of aliphatic hydroxyl groups is 2. The fraction of sp³-hybridized carbons (Fsp3) is 0.480. The van der Waals surface area contributed by atoms with Crippen LogP contribution in [0.3, 0.4) is 0 Å². The van der Waals surface area contributed by atoms with E-state index in [1.807, 2.05) is 6.07 Å². The number of primary amides is 1. The van der Waals surface area contributed by atoms with Crippen molar-refractivity contribution in [3.8, 4) is 0 Å². The van der Waals surface area contributed by atoms with Gasteiger partial charge in [0.25, 0.3) is 0 Å². The van der Waals surface area contributed by atoms with Crippen LogP contribution in [0.1, 0.15) is 30.4 Å². The Morgan fingerprint density at radius 3 is 2.54 bits per heavy atom. The van der Waals surface area contributed by atoms with E-state index in [4.69, 9.17) is 5.73 Å². The highest BCUT2D eigenvalue weighted by Crippen LogP contribution is 2.37. The molecule has 0 spiro atoms. The van der Waals surface area contributed by atoms with Gasteiger partial charge in [-0.05, 0) is 43.0 Å². The Morgan fingerprint density at radius 1 is 1.19 bits per heavy atom. The first-order chi connectivity index (χ1) is 17.5. The molecule has 1 saturated carbocycles. The molecule has 1 aromatic carbocycles. The van der Waals surface area contributed by atoms with E-state index >= 15 is 0 Å². The fourth-order valence-electron chi connectivity index (χ4n) is 4.97. The average molecular weight is 519 g/mol. The third kappa shape index (κ3) is 5.41. The minimum atomic E-state index is -4.38. The smallest absolute Gasteiger partial charge is 0.389 e. The second-order valence-corrected chi connectivity index (χ2v) is 10.0. The van der Waals surface area contributed by atoms with E-state index in [-0.39, 0.29) is 32.1 Å². The van der Waals surface area contributed by atoms with Gasteiger partial charge in [0.05, 0.1) is 30.1 Å². The lowest BCUT2D eigenvalue weighted by molar-refractivity contribution is -0.137. The number of nitrogens with two attached hydrogens (primary N) is 1. The summed E-state index contributed by atoms with van der Waals surface area (Å²) >= 11 is 0. The third-order valence-corrected chi connectivity index (χ3v) is 7.16. The molecule has 9 nitrogen and oxygen atoms in total. The number of amides is 1. The molecule has 4 N–H and O–H groups in total. The van der Waals surface area contributed by atoms with Crippen molar-refractivity contribution in [2.24, 2.45) is 5.73 Å². The summed E-state index contributed by atoms with van der Waals surface area (Å²) in [7, 11) is 0. The van der Waals surface area contributed by atoms with E-state index in [1.54, 1.807) is 15.7 Å². The molecule has 12 heteroatoms. The maximum Gasteiger partial charge on any atom is 0.416 e. The maximum atomic E-state index is 13.0. The summed E-state index contributed by atoms with van der Waals surface area (Å²) in [5.74, 6) is 0.185. The molecule has 1 aliphatic carbocycles. The van der Waals surface area contributed by atoms with E-state index in [0.29, 0.717) is 24.6 Å². The number of benzene rings is 1. The molecule has 3 heterocycles. The van der Waals surface area contributed by atoms with Gasteiger partial charge in [-0.3, -0.25) is 9.69 Å². The van der Waals surface area contributed by atoms with Crippen molar-refractivity contribution in [1.29, 1.82) is 0 Å². The highest BCUT2D eigenvalue weighted by atomic mass is 19.4. The molecule has 1 amide bonds. The number of hydrogen-bond acceptors (Lipinski definition) is 7. The Hall–Kier alpha value is -3.22. The number of nitrogens with zero attached hydrogens (tertiary/aromatic N) is 5. The van der Waals surface area contributed by atoms with Crippen molar-refractivity contribution in [3.63, 3.8) is 0 Å². The first-order valence-corrected chi connectivity index (χ1v) is 12.2. The molecule has 1 aliphatic heterocycles. The lowest BCUT2D eigenvalue weighted by Gasteiger charge is -2.42. The molecular weight excluding hydrogens is 489 g/mol. The van der Waals surface area contributed by atoms with Gasteiger partial charge in [0.15, 0.2) is 0 Å². The molecule has 2 aromatic heterocycles. The molecule has 0 radical (unpaired) electrons. The zero-order valence-corrected chi connectivity index (χ0v) is 20.1. The molecular formula is C25H29F3N6O3. The predicted octanol–water partition coefficient (Wildman–Crippen LogP) is 1.90. The first kappa shape index (κ1) is 25.4. The Balaban J connectivity index is 1.37. The molecule has 198 valence electrons. The van der Waals surface area contributed by atoms with Crippen LogP contribution in [0.2, 0.25) is 0 Å². The molecule has 0 bridgehead atoms. The number of anilines is 1. The predicted molar refractivity (Wildman–Crippen MR) is 129 cm³/mol. The number of aromatic nitrogens is 3. The van der Waals surface area contributed by atoms with Crippen LogP contribution in [-0.2, 0) is 24.1 Å². The van der Waals surface area contributed by atoms with E-state index in [2.05, 4.69) is 14.9 Å². The van der Waals surface area contributed by atoms with Crippen LogP contribution in [-0.4, -0.2) is 72.9 Å². The number of piperidine rings is 1. The number of rotatable bonds is 8. The molecule has 2 aliphatic rings. The van der Waals surface area contributed by atoms with Gasteiger partial charge in [-0.1, -0.05) is 12.1 Å². The number of carbonyl (C=O) groups excluding carboxylic acids is 1. The van der Waals surface area contributed by atoms with Crippen molar-refractivity contribution in [2.45, 2.75) is 56.3 Å². The van der Waals surface area contributed by atoms with E-state index in [9.17, 15) is 28.2 Å². The first-order valence-electron chi connectivity index (χ1n) is 12.2. The topological polar surface area (TPSA) is 121 Å². The van der Waals surface area contributed by atoms with Crippen molar-refractivity contribution >= 4 is 22.8 Å². The van der Waals surface area contributed by atoms with Crippen molar-refractivity contribution in [3.05, 3.63) is 54.0 Å². The van der Waals surface area contributed by atoms with Gasteiger partial charge in [0.2, 0.25) is 5.91 Å². The van der Waals surface area contributed by atoms with Crippen molar-refractivity contribution in [1.82, 2.24) is 19.4 Å².